The first kappa shape index (κ1) is 29.2. The lowest BCUT2D eigenvalue weighted by Gasteiger charge is -2.41. The summed E-state index contributed by atoms with van der Waals surface area (Å²) in [4.78, 5) is 13.1. The van der Waals surface area contributed by atoms with Crippen molar-refractivity contribution < 1.29 is 63.8 Å². The number of phenols is 1. The van der Waals surface area contributed by atoms with Gasteiger partial charge in [-0.3, -0.25) is 4.79 Å². The third-order valence-corrected chi connectivity index (χ3v) is 7.07. The van der Waals surface area contributed by atoms with Crippen LogP contribution in [0.4, 0.5) is 0 Å². The predicted molar refractivity (Wildman–Crippen MR) is 137 cm³/mol. The topological polar surface area (TPSA) is 218 Å². The average Bonchev–Trinajstić information content (AvgIpc) is 2.98. The Morgan fingerprint density at radius 2 is 1.59 bits per heavy atom. The number of rotatable bonds is 7. The van der Waals surface area contributed by atoms with Crippen LogP contribution >= 0.6 is 0 Å². The van der Waals surface area contributed by atoms with Gasteiger partial charge >= 0.3 is 0 Å². The van der Waals surface area contributed by atoms with Crippen LogP contribution in [0.25, 0.3) is 22.1 Å². The molecule has 0 saturated carbocycles. The smallest absolute Gasteiger partial charge is 0.229 e. The summed E-state index contributed by atoms with van der Waals surface area (Å²) in [6.45, 7) is -0.801. The SMILES string of the molecule is COc1ccc(-c2coc3c(O)c(O[C@@H]4O[C@H](CO[C@@H]5OC[C@@H](O)[C@H](O)[C@H]5O)[C@@H](O)[C@H](O)[C@H]4O)ccc3c2=O)cc1. The standard InChI is InChI=1S/C27H30O14/c1-36-12-4-2-11(3-5-12)14-8-37-25-13(18(14)29)6-7-16(21(25)32)40-27-24(35)22(33)20(31)17(41-27)10-39-26-23(34)19(30)15(28)9-38-26/h2-8,15,17,19-20,22-24,26-28,30-35H,9-10H2,1H3/t15-,17-,19+,20-,22+,23-,24-,26+,27-/m1/s1. The molecular formula is C27H30O14. The predicted octanol–water partition coefficient (Wildman–Crippen LogP) is -1.18. The average molecular weight is 579 g/mol. The van der Waals surface area contributed by atoms with Gasteiger partial charge < -0.3 is 63.8 Å². The van der Waals surface area contributed by atoms with Crippen molar-refractivity contribution in [3.8, 4) is 28.4 Å². The van der Waals surface area contributed by atoms with Crippen LogP contribution < -0.4 is 14.9 Å². The zero-order valence-electron chi connectivity index (χ0n) is 21.6. The molecule has 1 aromatic heterocycles. The lowest BCUT2D eigenvalue weighted by Crippen LogP contribution is -2.61. The third kappa shape index (κ3) is 5.61. The van der Waals surface area contributed by atoms with E-state index in [-0.39, 0.29) is 28.9 Å². The molecule has 2 aromatic carbocycles. The van der Waals surface area contributed by atoms with Gasteiger partial charge in [0.15, 0.2) is 17.6 Å². The van der Waals surface area contributed by atoms with Crippen LogP contribution in [0.1, 0.15) is 0 Å². The van der Waals surface area contributed by atoms with E-state index in [1.165, 1.54) is 25.5 Å². The molecule has 2 aliphatic rings. The second-order valence-corrected chi connectivity index (χ2v) is 9.71. The highest BCUT2D eigenvalue weighted by atomic mass is 16.7. The summed E-state index contributed by atoms with van der Waals surface area (Å²) in [5.41, 5.74) is 0.193. The minimum absolute atomic E-state index is 0.0494. The summed E-state index contributed by atoms with van der Waals surface area (Å²) in [6, 6.07) is 9.34. The largest absolute Gasteiger partial charge is 0.502 e. The fourth-order valence-electron chi connectivity index (χ4n) is 4.62. The minimum Gasteiger partial charge on any atom is -0.502 e. The maximum Gasteiger partial charge on any atom is 0.229 e. The van der Waals surface area contributed by atoms with Crippen LogP contribution in [0.15, 0.2) is 51.9 Å². The van der Waals surface area contributed by atoms with Crippen LogP contribution in [-0.4, -0.2) is 111 Å². The highest BCUT2D eigenvalue weighted by Crippen LogP contribution is 2.37. The minimum atomic E-state index is -1.77. The summed E-state index contributed by atoms with van der Waals surface area (Å²) in [7, 11) is 1.52. The fourth-order valence-corrected chi connectivity index (χ4v) is 4.62. The molecule has 9 atom stereocenters. The lowest BCUT2D eigenvalue weighted by molar-refractivity contribution is -0.307. The van der Waals surface area contributed by atoms with Crippen molar-refractivity contribution in [1.82, 2.24) is 0 Å². The van der Waals surface area contributed by atoms with Crippen molar-refractivity contribution in [2.75, 3.05) is 20.3 Å². The van der Waals surface area contributed by atoms with E-state index in [9.17, 15) is 40.5 Å². The number of methoxy groups -OCH3 is 1. The van der Waals surface area contributed by atoms with Crippen molar-refractivity contribution in [1.29, 1.82) is 0 Å². The Bertz CT molecular complexity index is 1410. The van der Waals surface area contributed by atoms with Crippen molar-refractivity contribution in [2.24, 2.45) is 0 Å². The van der Waals surface area contributed by atoms with Crippen LogP contribution in [0, 0.1) is 0 Å². The first-order valence-electron chi connectivity index (χ1n) is 12.7. The van der Waals surface area contributed by atoms with Gasteiger partial charge in [-0.1, -0.05) is 12.1 Å². The van der Waals surface area contributed by atoms with Gasteiger partial charge in [-0.25, -0.2) is 0 Å². The molecule has 2 saturated heterocycles. The Balaban J connectivity index is 1.33. The number of phenolic OH excluding ortho intramolecular Hbond substituents is 1. The molecule has 3 heterocycles. The van der Waals surface area contributed by atoms with Crippen molar-refractivity contribution >= 4 is 11.0 Å². The Labute approximate surface area is 232 Å². The van der Waals surface area contributed by atoms with Crippen LogP contribution in [0.3, 0.4) is 0 Å². The number of fused-ring (bicyclic) bond motifs is 1. The van der Waals surface area contributed by atoms with Crippen LogP contribution in [-0.2, 0) is 14.2 Å². The number of benzene rings is 2. The first-order chi connectivity index (χ1) is 19.6. The number of ether oxygens (including phenoxy) is 5. The molecule has 2 aliphatic heterocycles. The summed E-state index contributed by atoms with van der Waals surface area (Å²) >= 11 is 0. The second kappa shape index (κ2) is 11.9. The first-order valence-corrected chi connectivity index (χ1v) is 12.7. The van der Waals surface area contributed by atoms with E-state index in [2.05, 4.69) is 0 Å². The number of aliphatic hydroxyl groups is 6. The van der Waals surface area contributed by atoms with Crippen LogP contribution in [0.2, 0.25) is 0 Å². The Morgan fingerprint density at radius 3 is 2.29 bits per heavy atom. The molecule has 3 aromatic rings. The summed E-state index contributed by atoms with van der Waals surface area (Å²) in [5, 5.41) is 71.5. The Kier molecular flexibility index (Phi) is 8.47. The summed E-state index contributed by atoms with van der Waals surface area (Å²) in [5.74, 6) is -0.222. The van der Waals surface area contributed by atoms with Crippen molar-refractivity contribution in [3.05, 3.63) is 52.9 Å². The Hall–Kier alpha value is -3.31. The number of hydrogen-bond acceptors (Lipinski definition) is 14. The summed E-state index contributed by atoms with van der Waals surface area (Å²) in [6.07, 6.45) is -12.8. The molecule has 0 unspecified atom stereocenters. The molecule has 14 nitrogen and oxygen atoms in total. The Morgan fingerprint density at radius 1 is 0.878 bits per heavy atom. The lowest BCUT2D eigenvalue weighted by atomic mass is 9.99. The van der Waals surface area contributed by atoms with Gasteiger partial charge in [0.05, 0.1) is 31.3 Å². The molecule has 222 valence electrons. The monoisotopic (exact) mass is 578 g/mol. The van der Waals surface area contributed by atoms with E-state index < -0.39 is 73.1 Å². The van der Waals surface area contributed by atoms with Gasteiger partial charge in [-0.15, -0.1) is 0 Å². The number of hydrogen-bond donors (Lipinski definition) is 7. The maximum atomic E-state index is 13.1. The fraction of sp³-hybridized carbons (Fsp3) is 0.444. The number of aromatic hydroxyl groups is 1. The molecule has 0 amide bonds. The van der Waals surface area contributed by atoms with E-state index in [1.807, 2.05) is 0 Å². The highest BCUT2D eigenvalue weighted by Gasteiger charge is 2.46. The van der Waals surface area contributed by atoms with E-state index in [1.54, 1.807) is 24.3 Å². The zero-order valence-corrected chi connectivity index (χ0v) is 21.6. The molecule has 2 fully saturated rings. The van der Waals surface area contributed by atoms with Gasteiger partial charge in [0.1, 0.15) is 54.7 Å². The number of aliphatic hydroxyl groups excluding tert-OH is 6. The molecule has 5 rings (SSSR count). The molecule has 0 radical (unpaired) electrons. The second-order valence-electron chi connectivity index (χ2n) is 9.71. The van der Waals surface area contributed by atoms with Crippen molar-refractivity contribution in [2.45, 2.75) is 55.3 Å². The molecular weight excluding hydrogens is 548 g/mol. The quantitative estimate of drug-likeness (QED) is 0.176. The third-order valence-electron chi connectivity index (χ3n) is 7.07. The maximum absolute atomic E-state index is 13.1. The van der Waals surface area contributed by atoms with E-state index >= 15 is 0 Å². The molecule has 7 N–H and O–H groups in total. The van der Waals surface area contributed by atoms with E-state index in [4.69, 9.17) is 28.1 Å². The van der Waals surface area contributed by atoms with Gasteiger partial charge in [0.25, 0.3) is 0 Å². The van der Waals surface area contributed by atoms with E-state index in [0.717, 1.165) is 0 Å². The van der Waals surface area contributed by atoms with Gasteiger partial charge in [-0.2, -0.15) is 0 Å². The van der Waals surface area contributed by atoms with Crippen LogP contribution in [0.5, 0.6) is 17.2 Å². The van der Waals surface area contributed by atoms with Gasteiger partial charge in [0.2, 0.25) is 17.5 Å². The molecule has 14 heteroatoms. The van der Waals surface area contributed by atoms with Gasteiger partial charge in [0, 0.05) is 0 Å². The van der Waals surface area contributed by atoms with Gasteiger partial charge in [-0.05, 0) is 29.8 Å². The molecule has 0 bridgehead atoms. The summed E-state index contributed by atoms with van der Waals surface area (Å²) < 4.78 is 32.4. The van der Waals surface area contributed by atoms with Crippen molar-refractivity contribution in [3.63, 3.8) is 0 Å². The normalized spacial score (nSPS) is 32.1. The zero-order chi connectivity index (χ0) is 29.4. The molecule has 0 spiro atoms. The highest BCUT2D eigenvalue weighted by molar-refractivity contribution is 5.87. The van der Waals surface area contributed by atoms with E-state index in [0.29, 0.717) is 11.3 Å². The molecule has 0 aliphatic carbocycles. The molecule has 41 heavy (non-hydrogen) atoms.